The van der Waals surface area contributed by atoms with Gasteiger partial charge >= 0.3 is 0 Å². The quantitative estimate of drug-likeness (QED) is 0.794. The standard InChI is InChI=1S/C12H16ClNOS/c1-2-12(15)14-6-7-16-9-10-4-3-5-11(13)8-10/h3-5,8H,2,6-7,9H2,1H3,(H,14,15). The average Bonchev–Trinajstić information content (AvgIpc) is 2.28. The van der Waals surface area contributed by atoms with Gasteiger partial charge < -0.3 is 5.32 Å². The highest BCUT2D eigenvalue weighted by molar-refractivity contribution is 7.98. The van der Waals surface area contributed by atoms with Gasteiger partial charge in [0.1, 0.15) is 0 Å². The lowest BCUT2D eigenvalue weighted by Crippen LogP contribution is -2.24. The van der Waals surface area contributed by atoms with Gasteiger partial charge in [-0.1, -0.05) is 30.7 Å². The Labute approximate surface area is 106 Å². The molecule has 1 aromatic rings. The minimum Gasteiger partial charge on any atom is -0.355 e. The Morgan fingerprint density at radius 3 is 3.00 bits per heavy atom. The predicted molar refractivity (Wildman–Crippen MR) is 70.9 cm³/mol. The summed E-state index contributed by atoms with van der Waals surface area (Å²) < 4.78 is 0. The molecule has 1 N–H and O–H groups in total. The molecule has 0 atom stereocenters. The van der Waals surface area contributed by atoms with E-state index >= 15 is 0 Å². The molecule has 4 heteroatoms. The Hall–Kier alpha value is -0.670. The van der Waals surface area contributed by atoms with Gasteiger partial charge in [-0.3, -0.25) is 4.79 Å². The monoisotopic (exact) mass is 257 g/mol. The number of hydrogen-bond acceptors (Lipinski definition) is 2. The largest absolute Gasteiger partial charge is 0.355 e. The molecule has 0 saturated heterocycles. The molecule has 1 amide bonds. The molecule has 1 rings (SSSR count). The van der Waals surface area contributed by atoms with Crippen LogP contribution in [-0.4, -0.2) is 18.2 Å². The number of carbonyl (C=O) groups excluding carboxylic acids is 1. The van der Waals surface area contributed by atoms with Crippen LogP contribution in [-0.2, 0) is 10.5 Å². The number of rotatable bonds is 6. The molecule has 0 aromatic heterocycles. The Balaban J connectivity index is 2.14. The molecule has 0 heterocycles. The fourth-order valence-corrected chi connectivity index (χ4v) is 2.22. The van der Waals surface area contributed by atoms with Crippen molar-refractivity contribution >= 4 is 29.3 Å². The van der Waals surface area contributed by atoms with Gasteiger partial charge in [-0.2, -0.15) is 11.8 Å². The normalized spacial score (nSPS) is 10.1. The van der Waals surface area contributed by atoms with Crippen molar-refractivity contribution in [1.82, 2.24) is 5.32 Å². The van der Waals surface area contributed by atoms with Crippen molar-refractivity contribution in [3.05, 3.63) is 34.9 Å². The summed E-state index contributed by atoms with van der Waals surface area (Å²) in [6.45, 7) is 2.59. The SMILES string of the molecule is CCC(=O)NCCSCc1cccc(Cl)c1. The molecular formula is C12H16ClNOS. The van der Waals surface area contributed by atoms with E-state index in [2.05, 4.69) is 11.4 Å². The summed E-state index contributed by atoms with van der Waals surface area (Å²) in [4.78, 5) is 11.0. The van der Waals surface area contributed by atoms with Crippen LogP contribution in [0.15, 0.2) is 24.3 Å². The van der Waals surface area contributed by atoms with Gasteiger partial charge in [0, 0.05) is 29.5 Å². The summed E-state index contributed by atoms with van der Waals surface area (Å²) in [6.07, 6.45) is 0.555. The van der Waals surface area contributed by atoms with Gasteiger partial charge in [0.25, 0.3) is 0 Å². The van der Waals surface area contributed by atoms with Crippen molar-refractivity contribution in [3.63, 3.8) is 0 Å². The van der Waals surface area contributed by atoms with E-state index in [9.17, 15) is 4.79 Å². The van der Waals surface area contributed by atoms with E-state index < -0.39 is 0 Å². The second-order valence-corrected chi connectivity index (χ2v) is 4.93. The lowest BCUT2D eigenvalue weighted by atomic mass is 10.2. The molecule has 1 aromatic carbocycles. The summed E-state index contributed by atoms with van der Waals surface area (Å²) in [6, 6.07) is 7.86. The Morgan fingerprint density at radius 2 is 2.31 bits per heavy atom. The molecule has 0 bridgehead atoms. The fourth-order valence-electron chi connectivity index (χ4n) is 1.20. The Morgan fingerprint density at radius 1 is 1.50 bits per heavy atom. The van der Waals surface area contributed by atoms with E-state index in [1.807, 2.05) is 25.1 Å². The first-order chi connectivity index (χ1) is 7.72. The highest BCUT2D eigenvalue weighted by Crippen LogP contribution is 2.15. The topological polar surface area (TPSA) is 29.1 Å². The molecule has 0 aliphatic heterocycles. The third kappa shape index (κ3) is 5.42. The molecule has 0 aliphatic carbocycles. The van der Waals surface area contributed by atoms with Gasteiger partial charge in [0.15, 0.2) is 0 Å². The van der Waals surface area contributed by atoms with Crippen molar-refractivity contribution in [2.45, 2.75) is 19.1 Å². The maximum Gasteiger partial charge on any atom is 0.219 e. The lowest BCUT2D eigenvalue weighted by Gasteiger charge is -2.04. The summed E-state index contributed by atoms with van der Waals surface area (Å²) in [5, 5.41) is 3.62. The van der Waals surface area contributed by atoms with Crippen LogP contribution < -0.4 is 5.32 Å². The van der Waals surface area contributed by atoms with Crippen molar-refractivity contribution < 1.29 is 4.79 Å². The van der Waals surface area contributed by atoms with E-state index in [0.717, 1.165) is 23.1 Å². The van der Waals surface area contributed by atoms with Gasteiger partial charge in [0.2, 0.25) is 5.91 Å². The molecule has 0 fully saturated rings. The minimum atomic E-state index is 0.114. The zero-order valence-corrected chi connectivity index (χ0v) is 10.9. The van der Waals surface area contributed by atoms with E-state index in [-0.39, 0.29) is 5.91 Å². The highest BCUT2D eigenvalue weighted by Gasteiger charge is 1.97. The first-order valence-corrected chi connectivity index (χ1v) is 6.84. The van der Waals surface area contributed by atoms with Crippen LogP contribution >= 0.6 is 23.4 Å². The second-order valence-electron chi connectivity index (χ2n) is 3.39. The second kappa shape index (κ2) is 7.58. The van der Waals surface area contributed by atoms with Crippen LogP contribution in [0.2, 0.25) is 5.02 Å². The molecule has 2 nitrogen and oxygen atoms in total. The van der Waals surface area contributed by atoms with Crippen molar-refractivity contribution in [3.8, 4) is 0 Å². The van der Waals surface area contributed by atoms with Gasteiger partial charge in [-0.05, 0) is 17.7 Å². The summed E-state index contributed by atoms with van der Waals surface area (Å²) in [5.74, 6) is 1.98. The number of thioether (sulfide) groups is 1. The summed E-state index contributed by atoms with van der Waals surface area (Å²) in [7, 11) is 0. The fraction of sp³-hybridized carbons (Fsp3) is 0.417. The lowest BCUT2D eigenvalue weighted by molar-refractivity contribution is -0.120. The van der Waals surface area contributed by atoms with E-state index in [0.29, 0.717) is 6.42 Å². The summed E-state index contributed by atoms with van der Waals surface area (Å²) >= 11 is 7.67. The van der Waals surface area contributed by atoms with Crippen LogP contribution in [0.3, 0.4) is 0 Å². The van der Waals surface area contributed by atoms with E-state index in [1.54, 1.807) is 11.8 Å². The first kappa shape index (κ1) is 13.4. The number of benzene rings is 1. The molecular weight excluding hydrogens is 242 g/mol. The molecule has 0 unspecified atom stereocenters. The third-order valence-electron chi connectivity index (χ3n) is 2.05. The van der Waals surface area contributed by atoms with Crippen LogP contribution in [0.25, 0.3) is 0 Å². The maximum atomic E-state index is 11.0. The van der Waals surface area contributed by atoms with Gasteiger partial charge in [-0.15, -0.1) is 0 Å². The van der Waals surface area contributed by atoms with E-state index in [1.165, 1.54) is 5.56 Å². The van der Waals surface area contributed by atoms with Crippen LogP contribution in [0.4, 0.5) is 0 Å². The molecule has 0 spiro atoms. The zero-order valence-electron chi connectivity index (χ0n) is 9.33. The van der Waals surface area contributed by atoms with Crippen LogP contribution in [0.1, 0.15) is 18.9 Å². The smallest absolute Gasteiger partial charge is 0.219 e. The first-order valence-electron chi connectivity index (χ1n) is 5.31. The highest BCUT2D eigenvalue weighted by atomic mass is 35.5. The Kier molecular flexibility index (Phi) is 6.34. The molecule has 0 radical (unpaired) electrons. The van der Waals surface area contributed by atoms with Gasteiger partial charge in [-0.25, -0.2) is 0 Å². The van der Waals surface area contributed by atoms with Crippen molar-refractivity contribution in [2.24, 2.45) is 0 Å². The van der Waals surface area contributed by atoms with Crippen molar-refractivity contribution in [1.29, 1.82) is 0 Å². The van der Waals surface area contributed by atoms with E-state index in [4.69, 9.17) is 11.6 Å². The Bertz CT molecular complexity index is 344. The molecule has 88 valence electrons. The number of carbonyl (C=O) groups is 1. The summed E-state index contributed by atoms with van der Waals surface area (Å²) in [5.41, 5.74) is 1.22. The van der Waals surface area contributed by atoms with Gasteiger partial charge in [0.05, 0.1) is 0 Å². The minimum absolute atomic E-state index is 0.114. The molecule has 16 heavy (non-hydrogen) atoms. The molecule has 0 saturated carbocycles. The van der Waals surface area contributed by atoms with Crippen LogP contribution in [0.5, 0.6) is 0 Å². The predicted octanol–water partition coefficient (Wildman–Crippen LogP) is 3.10. The maximum absolute atomic E-state index is 11.0. The number of amides is 1. The zero-order chi connectivity index (χ0) is 11.8. The third-order valence-corrected chi connectivity index (χ3v) is 3.31. The van der Waals surface area contributed by atoms with Crippen molar-refractivity contribution in [2.75, 3.05) is 12.3 Å². The van der Waals surface area contributed by atoms with Crippen LogP contribution in [0, 0.1) is 0 Å². The number of hydrogen-bond donors (Lipinski definition) is 1. The number of halogens is 1. The number of nitrogens with one attached hydrogen (secondary N) is 1. The molecule has 0 aliphatic rings. The average molecular weight is 258 g/mol.